The second kappa shape index (κ2) is 5.64. The van der Waals surface area contributed by atoms with Gasteiger partial charge in [-0.2, -0.15) is 0 Å². The highest BCUT2D eigenvalue weighted by atomic mass is 32.2. The van der Waals surface area contributed by atoms with Crippen molar-refractivity contribution in [2.24, 2.45) is 5.14 Å². The summed E-state index contributed by atoms with van der Waals surface area (Å²) >= 11 is 0. The summed E-state index contributed by atoms with van der Waals surface area (Å²) in [5.41, 5.74) is 0. The van der Waals surface area contributed by atoms with E-state index in [1.54, 1.807) is 0 Å². The standard InChI is InChI=1S/C7H16N2OS.H2O/c1-2-9-5-3-7(4-6-9)11(8)10;/h7H,2-6,8H2,1H3;1H2. The molecule has 0 radical (unpaired) electrons. The van der Waals surface area contributed by atoms with Gasteiger partial charge in [0.25, 0.3) is 0 Å². The fourth-order valence-corrected chi connectivity index (χ4v) is 2.13. The lowest BCUT2D eigenvalue weighted by molar-refractivity contribution is 0.243. The Hall–Kier alpha value is 0.0300. The zero-order chi connectivity index (χ0) is 8.27. The molecule has 1 saturated heterocycles. The average Bonchev–Trinajstić information content (AvgIpc) is 2.05. The number of likely N-dealkylation sites (tertiary alicyclic amines) is 1. The topological polar surface area (TPSA) is 77.8 Å². The zero-order valence-electron chi connectivity index (χ0n) is 7.45. The summed E-state index contributed by atoms with van der Waals surface area (Å²) in [5, 5.41) is 5.56. The summed E-state index contributed by atoms with van der Waals surface area (Å²) in [4.78, 5) is 2.36. The molecule has 74 valence electrons. The molecule has 12 heavy (non-hydrogen) atoms. The minimum Gasteiger partial charge on any atom is -0.412 e. The van der Waals surface area contributed by atoms with Crippen molar-refractivity contribution in [3.05, 3.63) is 0 Å². The predicted molar refractivity (Wildman–Crippen MR) is 51.1 cm³/mol. The third-order valence-electron chi connectivity index (χ3n) is 2.31. The van der Waals surface area contributed by atoms with Gasteiger partial charge in [0, 0.05) is 0 Å². The second-order valence-electron chi connectivity index (χ2n) is 2.96. The molecule has 0 aromatic heterocycles. The van der Waals surface area contributed by atoms with E-state index < -0.39 is 11.0 Å². The maximum absolute atomic E-state index is 10.9. The van der Waals surface area contributed by atoms with Crippen LogP contribution >= 0.6 is 0 Å². The van der Waals surface area contributed by atoms with Crippen molar-refractivity contribution in [1.29, 1.82) is 0 Å². The van der Waals surface area contributed by atoms with Crippen LogP contribution in [0.25, 0.3) is 0 Å². The lowest BCUT2D eigenvalue weighted by atomic mass is 10.1. The third-order valence-corrected chi connectivity index (χ3v) is 3.44. The van der Waals surface area contributed by atoms with Crippen LogP contribution in [-0.2, 0) is 11.0 Å². The Kier molecular flexibility index (Phi) is 5.65. The molecule has 0 spiro atoms. The molecule has 0 amide bonds. The van der Waals surface area contributed by atoms with Gasteiger partial charge in [-0.15, -0.1) is 0 Å². The van der Waals surface area contributed by atoms with Gasteiger partial charge >= 0.3 is 0 Å². The molecule has 0 bridgehead atoms. The average molecular weight is 194 g/mol. The second-order valence-corrected chi connectivity index (χ2v) is 4.29. The third kappa shape index (κ3) is 3.18. The van der Waals surface area contributed by atoms with Gasteiger partial charge in [0.2, 0.25) is 0 Å². The highest BCUT2D eigenvalue weighted by Gasteiger charge is 2.20. The van der Waals surface area contributed by atoms with Crippen molar-refractivity contribution in [1.82, 2.24) is 4.90 Å². The Labute approximate surface area is 76.0 Å². The van der Waals surface area contributed by atoms with E-state index in [-0.39, 0.29) is 10.7 Å². The van der Waals surface area contributed by atoms with Gasteiger partial charge in [-0.3, -0.25) is 5.14 Å². The van der Waals surface area contributed by atoms with Crippen molar-refractivity contribution in [3.8, 4) is 0 Å². The number of nitrogens with zero attached hydrogens (tertiary/aromatic N) is 1. The van der Waals surface area contributed by atoms with Crippen molar-refractivity contribution in [2.45, 2.75) is 25.0 Å². The zero-order valence-corrected chi connectivity index (χ0v) is 8.27. The van der Waals surface area contributed by atoms with E-state index in [1.165, 1.54) is 0 Å². The van der Waals surface area contributed by atoms with E-state index >= 15 is 0 Å². The van der Waals surface area contributed by atoms with Gasteiger partial charge in [0.05, 0.1) is 16.2 Å². The first-order valence-corrected chi connectivity index (χ1v) is 5.39. The minimum atomic E-state index is -1.10. The van der Waals surface area contributed by atoms with Crippen molar-refractivity contribution in [3.63, 3.8) is 0 Å². The molecule has 4 nitrogen and oxygen atoms in total. The number of rotatable bonds is 2. The van der Waals surface area contributed by atoms with Crippen LogP contribution in [0.4, 0.5) is 0 Å². The van der Waals surface area contributed by atoms with Gasteiger partial charge in [0.15, 0.2) is 0 Å². The minimum absolute atomic E-state index is 0. The van der Waals surface area contributed by atoms with Gasteiger partial charge < -0.3 is 10.4 Å². The van der Waals surface area contributed by atoms with Crippen LogP contribution in [0.5, 0.6) is 0 Å². The molecule has 1 atom stereocenters. The van der Waals surface area contributed by atoms with Crippen LogP contribution in [0.15, 0.2) is 0 Å². The van der Waals surface area contributed by atoms with E-state index in [2.05, 4.69) is 11.8 Å². The summed E-state index contributed by atoms with van der Waals surface area (Å²) in [6.07, 6.45) is 1.99. The quantitative estimate of drug-likeness (QED) is 0.629. The summed E-state index contributed by atoms with van der Waals surface area (Å²) < 4.78 is 10.9. The smallest absolute Gasteiger partial charge is 0.0920 e. The number of piperidine rings is 1. The van der Waals surface area contributed by atoms with Crippen LogP contribution in [0.3, 0.4) is 0 Å². The molecule has 0 saturated carbocycles. The lowest BCUT2D eigenvalue weighted by Gasteiger charge is -2.29. The molecule has 4 N–H and O–H groups in total. The molecule has 1 heterocycles. The lowest BCUT2D eigenvalue weighted by Crippen LogP contribution is -2.38. The molecule has 1 aliphatic heterocycles. The molecule has 0 aromatic rings. The highest BCUT2D eigenvalue weighted by molar-refractivity contribution is 7.83. The number of hydrogen-bond donors (Lipinski definition) is 1. The first-order chi connectivity index (χ1) is 5.24. The predicted octanol–water partition coefficient (Wildman–Crippen LogP) is -0.732. The molecule has 1 aliphatic rings. The Bertz CT molecular complexity index is 146. The van der Waals surface area contributed by atoms with E-state index in [0.717, 1.165) is 32.5 Å². The maximum Gasteiger partial charge on any atom is 0.0920 e. The largest absolute Gasteiger partial charge is 0.412 e. The first-order valence-electron chi connectivity index (χ1n) is 4.11. The molecule has 0 aliphatic carbocycles. The van der Waals surface area contributed by atoms with E-state index in [0.29, 0.717) is 0 Å². The molecule has 0 aromatic carbocycles. The highest BCUT2D eigenvalue weighted by Crippen LogP contribution is 2.12. The molecule has 1 unspecified atom stereocenters. The van der Waals surface area contributed by atoms with Crippen LogP contribution < -0.4 is 5.14 Å². The summed E-state index contributed by atoms with van der Waals surface area (Å²) in [5.74, 6) is 0. The summed E-state index contributed by atoms with van der Waals surface area (Å²) in [6, 6.07) is 0. The van der Waals surface area contributed by atoms with Gasteiger partial charge in [-0.1, -0.05) is 6.92 Å². The van der Waals surface area contributed by atoms with Crippen LogP contribution in [-0.4, -0.2) is 39.5 Å². The van der Waals surface area contributed by atoms with E-state index in [9.17, 15) is 4.21 Å². The monoisotopic (exact) mass is 194 g/mol. The molecular formula is C7H18N2O2S. The maximum atomic E-state index is 10.9. The fraction of sp³-hybridized carbons (Fsp3) is 1.00. The normalized spacial score (nSPS) is 23.2. The number of nitrogens with two attached hydrogens (primary N) is 1. The molecule has 5 heteroatoms. The van der Waals surface area contributed by atoms with E-state index in [4.69, 9.17) is 5.14 Å². The van der Waals surface area contributed by atoms with Crippen molar-refractivity contribution < 1.29 is 9.69 Å². The summed E-state index contributed by atoms with van der Waals surface area (Å²) in [6.45, 7) is 5.37. The summed E-state index contributed by atoms with van der Waals surface area (Å²) in [7, 11) is -1.10. The SMILES string of the molecule is CCN1CCC(S(N)=O)CC1.O. The Morgan fingerprint density at radius 1 is 1.50 bits per heavy atom. The first kappa shape index (κ1) is 12.0. The molecular weight excluding hydrogens is 176 g/mol. The van der Waals surface area contributed by atoms with Gasteiger partial charge in [0.1, 0.15) is 0 Å². The molecule has 1 fully saturated rings. The van der Waals surface area contributed by atoms with Crippen LogP contribution in [0.2, 0.25) is 0 Å². The van der Waals surface area contributed by atoms with Crippen molar-refractivity contribution >= 4 is 11.0 Å². The van der Waals surface area contributed by atoms with Gasteiger partial charge in [-0.25, -0.2) is 4.21 Å². The Balaban J connectivity index is 0.00000121. The Morgan fingerprint density at radius 2 is 2.00 bits per heavy atom. The van der Waals surface area contributed by atoms with Crippen molar-refractivity contribution in [2.75, 3.05) is 19.6 Å². The van der Waals surface area contributed by atoms with E-state index in [1.807, 2.05) is 0 Å². The fourth-order valence-electron chi connectivity index (χ4n) is 1.46. The van der Waals surface area contributed by atoms with Gasteiger partial charge in [-0.05, 0) is 32.5 Å². The number of hydrogen-bond acceptors (Lipinski definition) is 2. The van der Waals surface area contributed by atoms with Crippen LogP contribution in [0.1, 0.15) is 19.8 Å². The molecule has 1 rings (SSSR count). The Morgan fingerprint density at radius 3 is 2.33 bits per heavy atom. The van der Waals surface area contributed by atoms with Crippen LogP contribution in [0, 0.1) is 0 Å².